The molecular weight excluding hydrogens is 286 g/mol. The fourth-order valence-electron chi connectivity index (χ4n) is 1.93. The average molecular weight is 299 g/mol. The molecule has 0 radical (unpaired) electrons. The van der Waals surface area contributed by atoms with Gasteiger partial charge in [-0.2, -0.15) is 0 Å². The third-order valence-corrected chi connectivity index (χ3v) is 3.98. The van der Waals surface area contributed by atoms with E-state index in [9.17, 15) is 4.79 Å². The van der Waals surface area contributed by atoms with Crippen LogP contribution >= 0.6 is 11.8 Å². The van der Waals surface area contributed by atoms with Crippen LogP contribution in [0.4, 0.5) is 0 Å². The predicted molar refractivity (Wildman–Crippen MR) is 80.3 cm³/mol. The predicted octanol–water partition coefficient (Wildman–Crippen LogP) is 2.22. The minimum absolute atomic E-state index is 0.0650. The molecule has 3 aromatic rings. The summed E-state index contributed by atoms with van der Waals surface area (Å²) in [7, 11) is 0. The van der Waals surface area contributed by atoms with Crippen molar-refractivity contribution in [1.82, 2.24) is 25.0 Å². The minimum atomic E-state index is 0.0650. The van der Waals surface area contributed by atoms with Crippen LogP contribution in [0, 0.1) is 0 Å². The van der Waals surface area contributed by atoms with Crippen LogP contribution in [0.15, 0.2) is 41.7 Å². The first-order valence-electron chi connectivity index (χ1n) is 6.55. The van der Waals surface area contributed by atoms with Crippen molar-refractivity contribution >= 4 is 28.7 Å². The molecule has 106 valence electrons. The van der Waals surface area contributed by atoms with E-state index in [0.717, 1.165) is 0 Å². The van der Waals surface area contributed by atoms with Crippen molar-refractivity contribution in [2.45, 2.75) is 18.5 Å². The molecule has 0 N–H and O–H groups in total. The van der Waals surface area contributed by atoms with Gasteiger partial charge in [0.1, 0.15) is 11.4 Å². The van der Waals surface area contributed by atoms with Crippen molar-refractivity contribution < 1.29 is 4.79 Å². The van der Waals surface area contributed by atoms with Crippen LogP contribution in [0.25, 0.3) is 11.2 Å². The van der Waals surface area contributed by atoms with E-state index < -0.39 is 0 Å². The van der Waals surface area contributed by atoms with Gasteiger partial charge in [-0.25, -0.2) is 14.6 Å². The molecule has 0 unspecified atom stereocenters. The van der Waals surface area contributed by atoms with Crippen LogP contribution in [0.5, 0.6) is 0 Å². The van der Waals surface area contributed by atoms with Gasteiger partial charge in [-0.15, -0.1) is 5.10 Å². The summed E-state index contributed by atoms with van der Waals surface area (Å²) in [6.07, 6.45) is 1.48. The molecular formula is C14H13N5OS. The Morgan fingerprint density at radius 2 is 2.05 bits per heavy atom. The zero-order valence-corrected chi connectivity index (χ0v) is 12.2. The Morgan fingerprint density at radius 1 is 1.24 bits per heavy atom. The van der Waals surface area contributed by atoms with Crippen LogP contribution in [0.1, 0.15) is 17.3 Å². The standard InChI is InChI=1S/C14H13N5OS/c1-2-19-13-12(17-18-19)14(16-9-15-13)21-8-11(20)10-6-4-3-5-7-10/h3-7,9H,2,8H2,1H3. The van der Waals surface area contributed by atoms with Crippen LogP contribution in [0.2, 0.25) is 0 Å². The molecule has 3 rings (SSSR count). The maximum Gasteiger partial charge on any atom is 0.182 e. The molecule has 0 atom stereocenters. The van der Waals surface area contributed by atoms with E-state index in [1.165, 1.54) is 18.1 Å². The Morgan fingerprint density at radius 3 is 2.81 bits per heavy atom. The zero-order valence-electron chi connectivity index (χ0n) is 11.4. The lowest BCUT2D eigenvalue weighted by Crippen LogP contribution is -2.02. The van der Waals surface area contributed by atoms with Gasteiger partial charge in [0.25, 0.3) is 0 Å². The molecule has 0 bridgehead atoms. The third kappa shape index (κ3) is 2.78. The Kier molecular flexibility index (Phi) is 3.92. The summed E-state index contributed by atoms with van der Waals surface area (Å²) in [5.41, 5.74) is 2.04. The topological polar surface area (TPSA) is 73.6 Å². The Bertz CT molecular complexity index is 771. The molecule has 1 aromatic carbocycles. The fourth-order valence-corrected chi connectivity index (χ4v) is 2.76. The lowest BCUT2D eigenvalue weighted by molar-refractivity contribution is 0.102. The second kappa shape index (κ2) is 6.01. The van der Waals surface area contributed by atoms with Crippen molar-refractivity contribution in [3.05, 3.63) is 42.2 Å². The van der Waals surface area contributed by atoms with E-state index in [1.54, 1.807) is 4.68 Å². The van der Waals surface area contributed by atoms with E-state index in [-0.39, 0.29) is 5.78 Å². The lowest BCUT2D eigenvalue weighted by atomic mass is 10.2. The average Bonchev–Trinajstić information content (AvgIpc) is 2.97. The quantitative estimate of drug-likeness (QED) is 0.408. The van der Waals surface area contributed by atoms with Crippen LogP contribution in [0.3, 0.4) is 0 Å². The Hall–Kier alpha value is -2.28. The summed E-state index contributed by atoms with van der Waals surface area (Å²) in [6.45, 7) is 2.67. The van der Waals surface area contributed by atoms with E-state index in [1.807, 2.05) is 37.3 Å². The number of rotatable bonds is 5. The molecule has 0 saturated carbocycles. The first kappa shape index (κ1) is 13.7. The van der Waals surface area contributed by atoms with Crippen molar-refractivity contribution in [3.8, 4) is 0 Å². The van der Waals surface area contributed by atoms with Gasteiger partial charge in [0.2, 0.25) is 0 Å². The van der Waals surface area contributed by atoms with Crippen LogP contribution < -0.4 is 0 Å². The number of hydrogen-bond acceptors (Lipinski definition) is 6. The number of carbonyl (C=O) groups excluding carboxylic acids is 1. The number of nitrogens with zero attached hydrogens (tertiary/aromatic N) is 5. The molecule has 0 aliphatic heterocycles. The molecule has 21 heavy (non-hydrogen) atoms. The molecule has 0 aliphatic rings. The molecule has 6 nitrogen and oxygen atoms in total. The molecule has 0 spiro atoms. The highest BCUT2D eigenvalue weighted by Crippen LogP contribution is 2.23. The van der Waals surface area contributed by atoms with Crippen molar-refractivity contribution in [3.63, 3.8) is 0 Å². The van der Waals surface area contributed by atoms with Gasteiger partial charge in [-0.1, -0.05) is 47.3 Å². The molecule has 0 saturated heterocycles. The minimum Gasteiger partial charge on any atom is -0.293 e. The second-order valence-electron chi connectivity index (χ2n) is 4.33. The number of thioether (sulfide) groups is 1. The van der Waals surface area contributed by atoms with Crippen molar-refractivity contribution in [2.24, 2.45) is 0 Å². The number of aryl methyl sites for hydroxylation is 1. The first-order valence-corrected chi connectivity index (χ1v) is 7.53. The number of aromatic nitrogens is 5. The summed E-state index contributed by atoms with van der Waals surface area (Å²) < 4.78 is 1.71. The highest BCUT2D eigenvalue weighted by molar-refractivity contribution is 8.00. The van der Waals surface area contributed by atoms with E-state index in [2.05, 4.69) is 20.3 Å². The molecule has 0 aliphatic carbocycles. The number of hydrogen-bond donors (Lipinski definition) is 0. The van der Waals surface area contributed by atoms with Crippen LogP contribution in [-0.4, -0.2) is 36.5 Å². The first-order chi connectivity index (χ1) is 10.3. The number of fused-ring (bicyclic) bond motifs is 1. The lowest BCUT2D eigenvalue weighted by Gasteiger charge is -2.01. The molecule has 2 aromatic heterocycles. The maximum atomic E-state index is 12.1. The van der Waals surface area contributed by atoms with Gasteiger partial charge in [0.15, 0.2) is 16.9 Å². The largest absolute Gasteiger partial charge is 0.293 e. The molecule has 0 amide bonds. The summed E-state index contributed by atoms with van der Waals surface area (Å²) >= 11 is 1.36. The monoisotopic (exact) mass is 299 g/mol. The zero-order chi connectivity index (χ0) is 14.7. The second-order valence-corrected chi connectivity index (χ2v) is 5.30. The van der Waals surface area contributed by atoms with Crippen molar-refractivity contribution in [1.29, 1.82) is 0 Å². The van der Waals surface area contributed by atoms with Gasteiger partial charge in [-0.3, -0.25) is 4.79 Å². The van der Waals surface area contributed by atoms with Gasteiger partial charge < -0.3 is 0 Å². The highest BCUT2D eigenvalue weighted by Gasteiger charge is 2.13. The van der Waals surface area contributed by atoms with Gasteiger partial charge in [-0.05, 0) is 6.92 Å². The summed E-state index contributed by atoms with van der Waals surface area (Å²) in [5, 5.41) is 8.81. The summed E-state index contributed by atoms with van der Waals surface area (Å²) in [4.78, 5) is 20.5. The fraction of sp³-hybridized carbons (Fsp3) is 0.214. The van der Waals surface area contributed by atoms with E-state index >= 15 is 0 Å². The van der Waals surface area contributed by atoms with Crippen molar-refractivity contribution in [2.75, 3.05) is 5.75 Å². The van der Waals surface area contributed by atoms with E-state index in [0.29, 0.717) is 34.1 Å². The number of benzene rings is 1. The molecule has 0 fully saturated rings. The van der Waals surface area contributed by atoms with E-state index in [4.69, 9.17) is 0 Å². The molecule has 2 heterocycles. The summed E-state index contributed by atoms with van der Waals surface area (Å²) in [5.74, 6) is 0.380. The van der Waals surface area contributed by atoms with Crippen LogP contribution in [-0.2, 0) is 6.54 Å². The molecule has 7 heteroatoms. The van der Waals surface area contributed by atoms with Gasteiger partial charge >= 0.3 is 0 Å². The smallest absolute Gasteiger partial charge is 0.182 e. The number of carbonyl (C=O) groups is 1. The maximum absolute atomic E-state index is 12.1. The highest BCUT2D eigenvalue weighted by atomic mass is 32.2. The number of ketones is 1. The van der Waals surface area contributed by atoms with Gasteiger partial charge in [0, 0.05) is 12.1 Å². The Labute approximate surface area is 125 Å². The number of Topliss-reactive ketones (excluding diaryl/α,β-unsaturated/α-hetero) is 1. The normalized spacial score (nSPS) is 10.9. The third-order valence-electron chi connectivity index (χ3n) is 3.00. The Balaban J connectivity index is 1.80. The van der Waals surface area contributed by atoms with Gasteiger partial charge in [0.05, 0.1) is 5.75 Å². The summed E-state index contributed by atoms with van der Waals surface area (Å²) in [6, 6.07) is 9.22. The SMILES string of the molecule is CCn1nnc2c(SCC(=O)c3ccccc3)ncnc21.